The highest BCUT2D eigenvalue weighted by atomic mass is 16.4. The molecule has 8 nitrogen and oxygen atoms in total. The van der Waals surface area contributed by atoms with Crippen LogP contribution in [0.1, 0.15) is 16.2 Å². The standard InChI is InChI=1S/C13H12N6O2/c1-19-7-17-18-11(19)5-14-12-9-3-2-8(13(20)21)4-10(9)15-6-16-12/h2-4,6-7H,5H2,1H3,(H,20,21)(H,14,15,16). The number of anilines is 1. The van der Waals surface area contributed by atoms with Crippen LogP contribution in [0, 0.1) is 0 Å². The smallest absolute Gasteiger partial charge is 0.335 e. The van der Waals surface area contributed by atoms with Crippen molar-refractivity contribution in [3.05, 3.63) is 42.2 Å². The van der Waals surface area contributed by atoms with Gasteiger partial charge in [-0.25, -0.2) is 14.8 Å². The van der Waals surface area contributed by atoms with Crippen molar-refractivity contribution in [2.24, 2.45) is 7.05 Å². The highest BCUT2D eigenvalue weighted by Crippen LogP contribution is 2.20. The van der Waals surface area contributed by atoms with Gasteiger partial charge in [-0.1, -0.05) is 0 Å². The van der Waals surface area contributed by atoms with Crippen molar-refractivity contribution in [3.8, 4) is 0 Å². The molecule has 0 spiro atoms. The molecular weight excluding hydrogens is 272 g/mol. The van der Waals surface area contributed by atoms with Gasteiger partial charge in [0, 0.05) is 12.4 Å². The number of carboxylic acids is 1. The zero-order chi connectivity index (χ0) is 14.8. The van der Waals surface area contributed by atoms with Crippen LogP contribution in [0.5, 0.6) is 0 Å². The van der Waals surface area contributed by atoms with Crippen molar-refractivity contribution in [2.45, 2.75) is 6.54 Å². The van der Waals surface area contributed by atoms with E-state index in [-0.39, 0.29) is 5.56 Å². The zero-order valence-electron chi connectivity index (χ0n) is 11.2. The molecule has 3 aromatic rings. The van der Waals surface area contributed by atoms with Crippen LogP contribution >= 0.6 is 0 Å². The molecule has 0 aliphatic heterocycles. The van der Waals surface area contributed by atoms with E-state index in [2.05, 4.69) is 25.5 Å². The maximum Gasteiger partial charge on any atom is 0.335 e. The van der Waals surface area contributed by atoms with Gasteiger partial charge in [-0.2, -0.15) is 0 Å². The van der Waals surface area contributed by atoms with Gasteiger partial charge in [-0.3, -0.25) is 0 Å². The largest absolute Gasteiger partial charge is 0.478 e. The third kappa shape index (κ3) is 2.50. The Bertz CT molecular complexity index is 813. The molecule has 2 aromatic heterocycles. The van der Waals surface area contributed by atoms with E-state index in [1.165, 1.54) is 18.5 Å². The highest BCUT2D eigenvalue weighted by molar-refractivity contribution is 5.96. The molecule has 2 heterocycles. The Labute approximate surface area is 119 Å². The number of benzene rings is 1. The first-order valence-corrected chi connectivity index (χ1v) is 6.20. The zero-order valence-corrected chi connectivity index (χ0v) is 11.2. The number of aryl methyl sites for hydroxylation is 1. The van der Waals surface area contributed by atoms with Crippen molar-refractivity contribution in [1.82, 2.24) is 24.7 Å². The number of nitrogens with one attached hydrogen (secondary N) is 1. The number of hydrogen-bond acceptors (Lipinski definition) is 6. The van der Waals surface area contributed by atoms with Gasteiger partial charge in [0.1, 0.15) is 18.5 Å². The van der Waals surface area contributed by atoms with E-state index in [4.69, 9.17) is 5.11 Å². The molecule has 0 aliphatic carbocycles. The van der Waals surface area contributed by atoms with Crippen molar-refractivity contribution < 1.29 is 9.90 Å². The minimum Gasteiger partial charge on any atom is -0.478 e. The molecule has 0 aliphatic rings. The van der Waals surface area contributed by atoms with E-state index in [0.29, 0.717) is 17.9 Å². The van der Waals surface area contributed by atoms with Crippen LogP contribution in [-0.2, 0) is 13.6 Å². The average Bonchev–Trinajstić information content (AvgIpc) is 2.89. The molecule has 0 bridgehead atoms. The maximum absolute atomic E-state index is 11.0. The van der Waals surface area contributed by atoms with Crippen molar-refractivity contribution >= 4 is 22.7 Å². The normalized spacial score (nSPS) is 10.7. The van der Waals surface area contributed by atoms with E-state index in [9.17, 15) is 4.79 Å². The van der Waals surface area contributed by atoms with Crippen LogP contribution in [0.3, 0.4) is 0 Å². The number of hydrogen-bond donors (Lipinski definition) is 2. The average molecular weight is 284 g/mol. The van der Waals surface area contributed by atoms with Crippen LogP contribution in [-0.4, -0.2) is 35.8 Å². The van der Waals surface area contributed by atoms with Crippen LogP contribution in [0.15, 0.2) is 30.9 Å². The van der Waals surface area contributed by atoms with Crippen LogP contribution in [0.2, 0.25) is 0 Å². The third-order valence-corrected chi connectivity index (χ3v) is 3.10. The number of carboxylic acid groups (broad SMARTS) is 1. The summed E-state index contributed by atoms with van der Waals surface area (Å²) in [6.07, 6.45) is 3.02. The second kappa shape index (κ2) is 5.16. The fraction of sp³-hybridized carbons (Fsp3) is 0.154. The minimum absolute atomic E-state index is 0.195. The van der Waals surface area contributed by atoms with Crippen LogP contribution in [0.4, 0.5) is 5.82 Å². The van der Waals surface area contributed by atoms with Gasteiger partial charge in [0.2, 0.25) is 0 Å². The summed E-state index contributed by atoms with van der Waals surface area (Å²) >= 11 is 0. The number of rotatable bonds is 4. The monoisotopic (exact) mass is 284 g/mol. The van der Waals surface area contributed by atoms with Crippen LogP contribution < -0.4 is 5.32 Å². The van der Waals surface area contributed by atoms with Gasteiger partial charge in [-0.05, 0) is 18.2 Å². The van der Waals surface area contributed by atoms with Crippen molar-refractivity contribution in [1.29, 1.82) is 0 Å². The summed E-state index contributed by atoms with van der Waals surface area (Å²) in [4.78, 5) is 19.3. The number of aromatic carboxylic acids is 1. The summed E-state index contributed by atoms with van der Waals surface area (Å²) in [5.74, 6) is 0.410. The predicted octanol–water partition coefficient (Wildman–Crippen LogP) is 1.07. The Morgan fingerprint density at radius 2 is 2.24 bits per heavy atom. The van der Waals surface area contributed by atoms with Gasteiger partial charge in [-0.15, -0.1) is 10.2 Å². The van der Waals surface area contributed by atoms with Gasteiger partial charge in [0.25, 0.3) is 0 Å². The number of aromatic nitrogens is 5. The first kappa shape index (κ1) is 13.0. The first-order valence-electron chi connectivity index (χ1n) is 6.20. The molecule has 0 saturated carbocycles. The molecule has 0 saturated heterocycles. The number of fused-ring (bicyclic) bond motifs is 1. The second-order valence-electron chi connectivity index (χ2n) is 4.47. The van der Waals surface area contributed by atoms with Gasteiger partial charge < -0.3 is 15.0 Å². The lowest BCUT2D eigenvalue weighted by Gasteiger charge is -2.08. The van der Waals surface area contributed by atoms with Crippen LogP contribution in [0.25, 0.3) is 10.9 Å². The second-order valence-corrected chi connectivity index (χ2v) is 4.47. The lowest BCUT2D eigenvalue weighted by molar-refractivity contribution is 0.0697. The molecule has 8 heteroatoms. The highest BCUT2D eigenvalue weighted by Gasteiger charge is 2.09. The van der Waals surface area contributed by atoms with E-state index in [0.717, 1.165) is 11.2 Å². The molecule has 106 valence electrons. The summed E-state index contributed by atoms with van der Waals surface area (Å²) in [7, 11) is 1.86. The minimum atomic E-state index is -0.982. The molecule has 0 radical (unpaired) electrons. The molecule has 0 amide bonds. The predicted molar refractivity (Wildman–Crippen MR) is 74.8 cm³/mol. The lowest BCUT2D eigenvalue weighted by atomic mass is 10.1. The van der Waals surface area contributed by atoms with E-state index >= 15 is 0 Å². The fourth-order valence-corrected chi connectivity index (χ4v) is 1.96. The molecule has 2 N–H and O–H groups in total. The lowest BCUT2D eigenvalue weighted by Crippen LogP contribution is -2.07. The topological polar surface area (TPSA) is 106 Å². The quantitative estimate of drug-likeness (QED) is 0.738. The first-order chi connectivity index (χ1) is 10.1. The van der Waals surface area contributed by atoms with E-state index in [1.807, 2.05) is 7.05 Å². The van der Waals surface area contributed by atoms with Gasteiger partial charge in [0.05, 0.1) is 17.6 Å². The molecule has 0 unspecified atom stereocenters. The van der Waals surface area contributed by atoms with Crippen molar-refractivity contribution in [3.63, 3.8) is 0 Å². The summed E-state index contributed by atoms with van der Waals surface area (Å²) in [6, 6.07) is 4.74. The van der Waals surface area contributed by atoms with Gasteiger partial charge in [0.15, 0.2) is 5.82 Å². The summed E-state index contributed by atoms with van der Waals surface area (Å²) in [5, 5.41) is 20.7. The Kier molecular flexibility index (Phi) is 3.19. The molecular formula is C13H12N6O2. The SMILES string of the molecule is Cn1cnnc1CNc1ncnc2cc(C(=O)O)ccc12. The fourth-order valence-electron chi connectivity index (χ4n) is 1.96. The Morgan fingerprint density at radius 3 is 2.95 bits per heavy atom. The Hall–Kier alpha value is -3.03. The van der Waals surface area contributed by atoms with E-state index < -0.39 is 5.97 Å². The summed E-state index contributed by atoms with van der Waals surface area (Å²) in [6.45, 7) is 0.462. The van der Waals surface area contributed by atoms with E-state index in [1.54, 1.807) is 17.0 Å². The maximum atomic E-state index is 11.0. The molecule has 0 fully saturated rings. The molecule has 1 aromatic carbocycles. The van der Waals surface area contributed by atoms with Gasteiger partial charge >= 0.3 is 5.97 Å². The summed E-state index contributed by atoms with van der Waals surface area (Å²) < 4.78 is 1.80. The summed E-state index contributed by atoms with van der Waals surface area (Å²) in [5.41, 5.74) is 0.769. The number of carbonyl (C=O) groups is 1. The Balaban J connectivity index is 1.92. The third-order valence-electron chi connectivity index (χ3n) is 3.10. The molecule has 0 atom stereocenters. The molecule has 3 rings (SSSR count). The van der Waals surface area contributed by atoms with Crippen molar-refractivity contribution in [2.75, 3.05) is 5.32 Å². The Morgan fingerprint density at radius 1 is 1.38 bits per heavy atom. The molecule has 21 heavy (non-hydrogen) atoms. The number of nitrogens with zero attached hydrogens (tertiary/aromatic N) is 5.